The summed E-state index contributed by atoms with van der Waals surface area (Å²) in [5.74, 6) is -2.18. The van der Waals surface area contributed by atoms with Gasteiger partial charge in [-0.2, -0.15) is 0 Å². The summed E-state index contributed by atoms with van der Waals surface area (Å²) in [6.45, 7) is 0. The molecule has 2 aromatic carbocycles. The van der Waals surface area contributed by atoms with Crippen LogP contribution in [-0.4, -0.2) is 52.3 Å². The highest BCUT2D eigenvalue weighted by molar-refractivity contribution is 6.31. The van der Waals surface area contributed by atoms with Crippen LogP contribution in [0.5, 0.6) is 11.8 Å². The van der Waals surface area contributed by atoms with Gasteiger partial charge in [0, 0.05) is 22.2 Å². The molecule has 1 aliphatic heterocycles. The molecule has 1 aromatic heterocycles. The quantitative estimate of drug-likeness (QED) is 0.552. The van der Waals surface area contributed by atoms with Crippen LogP contribution >= 0.6 is 11.6 Å². The van der Waals surface area contributed by atoms with Crippen molar-refractivity contribution >= 4 is 23.5 Å². The summed E-state index contributed by atoms with van der Waals surface area (Å²) in [6.07, 6.45) is 0.684. The monoisotopic (exact) mass is 485 g/mol. The van der Waals surface area contributed by atoms with Crippen LogP contribution in [0, 0.1) is 5.82 Å². The number of rotatable bonds is 6. The van der Waals surface area contributed by atoms with E-state index < -0.39 is 29.8 Å². The number of aliphatic carboxylic acids is 1. The molecule has 2 atom stereocenters. The minimum absolute atomic E-state index is 0.0133. The molecule has 10 heteroatoms. The molecule has 34 heavy (non-hydrogen) atoms. The summed E-state index contributed by atoms with van der Waals surface area (Å²) >= 11 is 6.34. The van der Waals surface area contributed by atoms with E-state index in [9.17, 15) is 14.7 Å². The molecule has 1 N–H and O–H groups in total. The Morgan fingerprint density at radius 2 is 1.82 bits per heavy atom. The van der Waals surface area contributed by atoms with Crippen molar-refractivity contribution in [3.05, 3.63) is 70.5 Å². The number of hydrogen-bond acceptors (Lipinski definition) is 6. The number of amides is 1. The second-order valence-electron chi connectivity index (χ2n) is 7.69. The van der Waals surface area contributed by atoms with E-state index >= 15 is 4.39 Å². The maximum atomic E-state index is 15.2. The topological polar surface area (TPSA) is 102 Å². The SMILES string of the molecule is COc1cc(-c2ccc(C(=O)N3[C@@H](c4ccccc4Cl)CC[C@H]3C(=O)O)cc2F)c(OC)nn1. The Balaban J connectivity index is 1.73. The van der Waals surface area contributed by atoms with E-state index in [1.807, 2.05) is 0 Å². The van der Waals surface area contributed by atoms with Crippen LogP contribution in [0.4, 0.5) is 4.39 Å². The molecule has 0 bridgehead atoms. The van der Waals surface area contributed by atoms with Crippen molar-refractivity contribution in [2.75, 3.05) is 14.2 Å². The molecule has 176 valence electrons. The molecule has 4 rings (SSSR count). The van der Waals surface area contributed by atoms with Gasteiger partial charge in [0.2, 0.25) is 11.8 Å². The van der Waals surface area contributed by atoms with E-state index in [1.165, 1.54) is 37.3 Å². The Labute approximate surface area is 199 Å². The fraction of sp³-hybridized carbons (Fsp3) is 0.250. The molecule has 0 aliphatic carbocycles. The Hall–Kier alpha value is -3.72. The van der Waals surface area contributed by atoms with Gasteiger partial charge in [-0.05, 0) is 36.6 Å². The smallest absolute Gasteiger partial charge is 0.326 e. The number of likely N-dealkylation sites (tertiary alicyclic amines) is 1. The number of ether oxygens (including phenoxy) is 2. The average molecular weight is 486 g/mol. The number of carbonyl (C=O) groups is 2. The van der Waals surface area contributed by atoms with Crippen molar-refractivity contribution in [3.63, 3.8) is 0 Å². The number of carboxylic acids is 1. The van der Waals surface area contributed by atoms with E-state index in [0.29, 0.717) is 22.6 Å². The Morgan fingerprint density at radius 3 is 2.47 bits per heavy atom. The summed E-state index contributed by atoms with van der Waals surface area (Å²) < 4.78 is 25.5. The van der Waals surface area contributed by atoms with Crippen LogP contribution in [-0.2, 0) is 4.79 Å². The standard InChI is InChI=1S/C24H21ClFN3O5/c1-33-21-12-16(22(34-2)28-27-21)14-8-7-13(11-18(14)26)23(30)29-19(9-10-20(29)24(31)32)15-5-3-4-6-17(15)25/h3-8,11-12,19-20H,9-10H2,1-2H3,(H,31,32)/t19-,20+/m1/s1. The lowest BCUT2D eigenvalue weighted by molar-refractivity contribution is -0.141. The highest BCUT2D eigenvalue weighted by Crippen LogP contribution is 2.40. The number of aromatic nitrogens is 2. The summed E-state index contributed by atoms with van der Waals surface area (Å²) in [6, 6.07) is 10.8. The van der Waals surface area contributed by atoms with Crippen LogP contribution in [0.15, 0.2) is 48.5 Å². The van der Waals surface area contributed by atoms with Crippen LogP contribution in [0.3, 0.4) is 0 Å². The number of carbonyl (C=O) groups excluding carboxylic acids is 1. The number of carboxylic acid groups (broad SMARTS) is 1. The van der Waals surface area contributed by atoms with Gasteiger partial charge in [-0.15, -0.1) is 10.2 Å². The molecule has 3 aromatic rings. The zero-order valence-corrected chi connectivity index (χ0v) is 19.1. The van der Waals surface area contributed by atoms with Gasteiger partial charge in [-0.1, -0.05) is 35.9 Å². The summed E-state index contributed by atoms with van der Waals surface area (Å²) in [4.78, 5) is 26.6. The summed E-state index contributed by atoms with van der Waals surface area (Å²) in [7, 11) is 2.78. The maximum Gasteiger partial charge on any atom is 0.326 e. The lowest BCUT2D eigenvalue weighted by Gasteiger charge is -2.29. The zero-order valence-electron chi connectivity index (χ0n) is 18.4. The van der Waals surface area contributed by atoms with E-state index in [-0.39, 0.29) is 29.3 Å². The molecule has 8 nitrogen and oxygen atoms in total. The van der Waals surface area contributed by atoms with Gasteiger partial charge >= 0.3 is 5.97 Å². The van der Waals surface area contributed by atoms with Gasteiger partial charge < -0.3 is 19.5 Å². The molecule has 0 unspecified atom stereocenters. The molecule has 1 saturated heterocycles. The highest BCUT2D eigenvalue weighted by atomic mass is 35.5. The molecule has 0 radical (unpaired) electrons. The largest absolute Gasteiger partial charge is 0.480 e. The molecule has 0 spiro atoms. The van der Waals surface area contributed by atoms with Crippen molar-refractivity contribution in [2.24, 2.45) is 0 Å². The predicted octanol–water partition coefficient (Wildman–Crippen LogP) is 4.38. The van der Waals surface area contributed by atoms with E-state index in [2.05, 4.69) is 10.2 Å². The minimum atomic E-state index is -1.13. The van der Waals surface area contributed by atoms with Crippen LogP contribution in [0.2, 0.25) is 5.02 Å². The van der Waals surface area contributed by atoms with E-state index in [0.717, 1.165) is 6.07 Å². The lowest BCUT2D eigenvalue weighted by Crippen LogP contribution is -2.42. The first-order valence-electron chi connectivity index (χ1n) is 10.4. The fourth-order valence-corrected chi connectivity index (χ4v) is 4.47. The third kappa shape index (κ3) is 4.26. The van der Waals surface area contributed by atoms with Crippen molar-refractivity contribution in [1.82, 2.24) is 15.1 Å². The molecule has 2 heterocycles. The molecule has 1 fully saturated rings. The number of methoxy groups -OCH3 is 2. The van der Waals surface area contributed by atoms with Gasteiger partial charge in [-0.3, -0.25) is 4.79 Å². The van der Waals surface area contributed by atoms with Crippen LogP contribution in [0.1, 0.15) is 34.8 Å². The number of nitrogens with zero attached hydrogens (tertiary/aromatic N) is 3. The van der Waals surface area contributed by atoms with Gasteiger partial charge in [-0.25, -0.2) is 9.18 Å². The first kappa shape index (κ1) is 23.4. The van der Waals surface area contributed by atoms with Crippen LogP contribution < -0.4 is 9.47 Å². The second kappa shape index (κ2) is 9.64. The predicted molar refractivity (Wildman–Crippen MR) is 122 cm³/mol. The van der Waals surface area contributed by atoms with E-state index in [1.54, 1.807) is 24.3 Å². The second-order valence-corrected chi connectivity index (χ2v) is 8.09. The number of halogens is 2. The fourth-order valence-electron chi connectivity index (χ4n) is 4.21. The van der Waals surface area contributed by atoms with Gasteiger partial charge in [0.05, 0.1) is 25.8 Å². The molecular weight excluding hydrogens is 465 g/mol. The normalized spacial score (nSPS) is 17.5. The number of hydrogen-bond donors (Lipinski definition) is 1. The van der Waals surface area contributed by atoms with Crippen LogP contribution in [0.25, 0.3) is 11.1 Å². The first-order chi connectivity index (χ1) is 16.3. The van der Waals surface area contributed by atoms with Crippen molar-refractivity contribution in [2.45, 2.75) is 24.9 Å². The Morgan fingerprint density at radius 1 is 1.06 bits per heavy atom. The van der Waals surface area contributed by atoms with Crippen molar-refractivity contribution in [3.8, 4) is 22.9 Å². The molecular formula is C24H21ClFN3O5. The summed E-state index contributed by atoms with van der Waals surface area (Å²) in [5.41, 5.74) is 1.09. The average Bonchev–Trinajstić information content (AvgIpc) is 3.28. The first-order valence-corrected chi connectivity index (χ1v) is 10.8. The zero-order chi connectivity index (χ0) is 24.4. The maximum absolute atomic E-state index is 15.2. The number of benzene rings is 2. The van der Waals surface area contributed by atoms with Crippen molar-refractivity contribution in [1.29, 1.82) is 0 Å². The lowest BCUT2D eigenvalue weighted by atomic mass is 10.0. The third-order valence-electron chi connectivity index (χ3n) is 5.82. The molecule has 0 saturated carbocycles. The summed E-state index contributed by atoms with van der Waals surface area (Å²) in [5, 5.41) is 17.8. The molecule has 1 amide bonds. The minimum Gasteiger partial charge on any atom is -0.480 e. The highest BCUT2D eigenvalue weighted by Gasteiger charge is 2.42. The Kier molecular flexibility index (Phi) is 6.65. The Bertz CT molecular complexity index is 1260. The third-order valence-corrected chi connectivity index (χ3v) is 6.16. The van der Waals surface area contributed by atoms with Gasteiger partial charge in [0.25, 0.3) is 5.91 Å². The van der Waals surface area contributed by atoms with Gasteiger partial charge in [0.15, 0.2) is 0 Å². The van der Waals surface area contributed by atoms with E-state index in [4.69, 9.17) is 21.1 Å². The molecule has 1 aliphatic rings. The van der Waals surface area contributed by atoms with Gasteiger partial charge in [0.1, 0.15) is 11.9 Å². The van der Waals surface area contributed by atoms with Crippen molar-refractivity contribution < 1.29 is 28.6 Å².